The minimum absolute atomic E-state index is 0.0945. The highest BCUT2D eigenvalue weighted by Crippen LogP contribution is 2.16. The first kappa shape index (κ1) is 16.5. The summed E-state index contributed by atoms with van der Waals surface area (Å²) in [6.07, 6.45) is 1.29. The molecule has 0 saturated carbocycles. The van der Waals surface area contributed by atoms with E-state index in [9.17, 15) is 9.59 Å². The Hall–Kier alpha value is -1.89. The molecular formula is C14H13Cl2N3O3. The molecule has 0 atom stereocenters. The van der Waals surface area contributed by atoms with Crippen molar-refractivity contribution in [3.8, 4) is 5.69 Å². The van der Waals surface area contributed by atoms with Crippen molar-refractivity contribution in [3.05, 3.63) is 56.4 Å². The molecule has 1 amide bonds. The van der Waals surface area contributed by atoms with Gasteiger partial charge in [0.25, 0.3) is 11.5 Å². The fourth-order valence-electron chi connectivity index (χ4n) is 1.72. The van der Waals surface area contributed by atoms with Gasteiger partial charge in [-0.15, -0.1) is 0 Å². The highest BCUT2D eigenvalue weighted by atomic mass is 35.5. The smallest absolute Gasteiger partial charge is 0.291 e. The van der Waals surface area contributed by atoms with Gasteiger partial charge in [0.2, 0.25) is 0 Å². The maximum atomic E-state index is 12.0. The average Bonchev–Trinajstić information content (AvgIpc) is 2.53. The van der Waals surface area contributed by atoms with Crippen LogP contribution in [-0.4, -0.2) is 35.9 Å². The van der Waals surface area contributed by atoms with E-state index in [1.807, 2.05) is 0 Å². The molecule has 0 saturated heterocycles. The van der Waals surface area contributed by atoms with Gasteiger partial charge in [0.1, 0.15) is 5.02 Å². The van der Waals surface area contributed by atoms with Crippen molar-refractivity contribution >= 4 is 29.1 Å². The summed E-state index contributed by atoms with van der Waals surface area (Å²) in [5.41, 5.74) is 0.427. The Balaban J connectivity index is 2.21. The summed E-state index contributed by atoms with van der Waals surface area (Å²) in [6, 6.07) is 6.38. The number of halogens is 2. The fraction of sp³-hybridized carbons (Fsp3) is 0.214. The molecule has 0 fully saturated rings. The van der Waals surface area contributed by atoms with E-state index >= 15 is 0 Å². The summed E-state index contributed by atoms with van der Waals surface area (Å²) >= 11 is 11.5. The highest BCUT2D eigenvalue weighted by Gasteiger charge is 2.10. The van der Waals surface area contributed by atoms with Crippen LogP contribution in [-0.2, 0) is 4.74 Å². The zero-order valence-corrected chi connectivity index (χ0v) is 13.2. The Bertz CT molecular complexity index is 729. The van der Waals surface area contributed by atoms with Gasteiger partial charge < -0.3 is 10.1 Å². The van der Waals surface area contributed by atoms with Crippen LogP contribution < -0.4 is 10.9 Å². The monoisotopic (exact) mass is 341 g/mol. The fourth-order valence-corrected chi connectivity index (χ4v) is 1.97. The van der Waals surface area contributed by atoms with Crippen molar-refractivity contribution in [1.29, 1.82) is 0 Å². The number of carbonyl (C=O) groups excluding carboxylic acids is 1. The van der Waals surface area contributed by atoms with Gasteiger partial charge in [-0.1, -0.05) is 23.2 Å². The number of hydrogen-bond donors (Lipinski definition) is 1. The quantitative estimate of drug-likeness (QED) is 0.843. The lowest BCUT2D eigenvalue weighted by molar-refractivity contribution is 0.0937. The first-order valence-electron chi connectivity index (χ1n) is 6.35. The van der Waals surface area contributed by atoms with Crippen LogP contribution in [0.4, 0.5) is 0 Å². The van der Waals surface area contributed by atoms with Crippen LogP contribution in [0, 0.1) is 0 Å². The minimum atomic E-state index is -0.522. The lowest BCUT2D eigenvalue weighted by Crippen LogP contribution is -2.27. The third-order valence-corrected chi connectivity index (χ3v) is 3.59. The Labute approximate surface area is 136 Å². The molecule has 1 N–H and O–H groups in total. The average molecular weight is 342 g/mol. The number of rotatable bonds is 5. The van der Waals surface area contributed by atoms with Crippen molar-refractivity contribution in [2.24, 2.45) is 0 Å². The van der Waals surface area contributed by atoms with E-state index in [-0.39, 0.29) is 16.0 Å². The summed E-state index contributed by atoms with van der Waals surface area (Å²) in [7, 11) is 1.56. The molecule has 8 heteroatoms. The molecule has 1 aromatic heterocycles. The number of methoxy groups -OCH3 is 1. The van der Waals surface area contributed by atoms with E-state index in [0.717, 1.165) is 4.68 Å². The summed E-state index contributed by atoms with van der Waals surface area (Å²) < 4.78 is 5.97. The number of benzene rings is 1. The van der Waals surface area contributed by atoms with Gasteiger partial charge in [0.15, 0.2) is 0 Å². The maximum absolute atomic E-state index is 12.0. The van der Waals surface area contributed by atoms with Crippen LogP contribution in [0.2, 0.25) is 10.0 Å². The molecule has 22 heavy (non-hydrogen) atoms. The standard InChI is InChI=1S/C14H13Cl2N3O3/c1-22-7-6-17-13(20)9-2-4-10(5-3-9)19-14(21)12(16)11(15)8-18-19/h2-5,8H,6-7H2,1H3,(H,17,20). The number of hydrogen-bond acceptors (Lipinski definition) is 4. The molecule has 0 aliphatic carbocycles. The normalized spacial score (nSPS) is 10.5. The van der Waals surface area contributed by atoms with Gasteiger partial charge in [-0.25, -0.2) is 0 Å². The lowest BCUT2D eigenvalue weighted by atomic mass is 10.2. The van der Waals surface area contributed by atoms with Gasteiger partial charge in [-0.05, 0) is 24.3 Å². The van der Waals surface area contributed by atoms with Gasteiger partial charge in [-0.3, -0.25) is 9.59 Å². The van der Waals surface area contributed by atoms with Gasteiger partial charge >= 0.3 is 0 Å². The molecule has 0 aliphatic heterocycles. The number of ether oxygens (including phenoxy) is 1. The van der Waals surface area contributed by atoms with E-state index in [1.165, 1.54) is 6.20 Å². The molecule has 6 nitrogen and oxygen atoms in total. The zero-order valence-electron chi connectivity index (χ0n) is 11.7. The molecule has 0 unspecified atom stereocenters. The summed E-state index contributed by atoms with van der Waals surface area (Å²) in [6.45, 7) is 0.858. The number of nitrogens with one attached hydrogen (secondary N) is 1. The van der Waals surface area contributed by atoms with E-state index < -0.39 is 5.56 Å². The minimum Gasteiger partial charge on any atom is -0.383 e. The molecule has 0 radical (unpaired) electrons. The molecular weight excluding hydrogens is 329 g/mol. The van der Waals surface area contributed by atoms with E-state index in [2.05, 4.69) is 10.4 Å². The maximum Gasteiger partial charge on any atom is 0.291 e. The van der Waals surface area contributed by atoms with Crippen LogP contribution in [0.25, 0.3) is 5.69 Å². The van der Waals surface area contributed by atoms with E-state index in [1.54, 1.807) is 31.4 Å². The van der Waals surface area contributed by atoms with Crippen molar-refractivity contribution in [2.45, 2.75) is 0 Å². The van der Waals surface area contributed by atoms with Crippen LogP contribution >= 0.6 is 23.2 Å². The van der Waals surface area contributed by atoms with Crippen LogP contribution in [0.5, 0.6) is 0 Å². The highest BCUT2D eigenvalue weighted by molar-refractivity contribution is 6.41. The lowest BCUT2D eigenvalue weighted by Gasteiger charge is -2.07. The Morgan fingerprint density at radius 3 is 2.64 bits per heavy atom. The molecule has 0 aliphatic rings. The van der Waals surface area contributed by atoms with Gasteiger partial charge in [0, 0.05) is 19.2 Å². The number of amides is 1. The Kier molecular flexibility index (Phi) is 5.54. The molecule has 1 aromatic carbocycles. The molecule has 2 aromatic rings. The second-order valence-corrected chi connectivity index (χ2v) is 5.10. The predicted molar refractivity (Wildman–Crippen MR) is 84.1 cm³/mol. The van der Waals surface area contributed by atoms with Crippen molar-refractivity contribution in [3.63, 3.8) is 0 Å². The topological polar surface area (TPSA) is 73.2 Å². The van der Waals surface area contributed by atoms with Gasteiger partial charge in [-0.2, -0.15) is 9.78 Å². The molecule has 2 rings (SSSR count). The second kappa shape index (κ2) is 7.40. The Morgan fingerprint density at radius 2 is 2.00 bits per heavy atom. The molecule has 0 bridgehead atoms. The Morgan fingerprint density at radius 1 is 1.32 bits per heavy atom. The predicted octanol–water partition coefficient (Wildman–Crippen LogP) is 1.92. The number of carbonyl (C=O) groups is 1. The first-order chi connectivity index (χ1) is 10.5. The number of nitrogens with zero attached hydrogens (tertiary/aromatic N) is 2. The largest absolute Gasteiger partial charge is 0.383 e. The van der Waals surface area contributed by atoms with Crippen molar-refractivity contribution in [1.82, 2.24) is 15.1 Å². The molecule has 116 valence electrons. The first-order valence-corrected chi connectivity index (χ1v) is 7.11. The zero-order chi connectivity index (χ0) is 16.1. The SMILES string of the molecule is COCCNC(=O)c1ccc(-n2ncc(Cl)c(Cl)c2=O)cc1. The third-order valence-electron chi connectivity index (χ3n) is 2.84. The summed E-state index contributed by atoms with van der Waals surface area (Å²) in [5, 5.41) is 6.61. The van der Waals surface area contributed by atoms with Crippen LogP contribution in [0.15, 0.2) is 35.3 Å². The summed E-state index contributed by atoms with van der Waals surface area (Å²) in [5.74, 6) is -0.224. The number of aromatic nitrogens is 2. The molecule has 1 heterocycles. The van der Waals surface area contributed by atoms with Crippen molar-refractivity contribution < 1.29 is 9.53 Å². The third kappa shape index (κ3) is 3.65. The van der Waals surface area contributed by atoms with E-state index in [4.69, 9.17) is 27.9 Å². The van der Waals surface area contributed by atoms with E-state index in [0.29, 0.717) is 24.4 Å². The van der Waals surface area contributed by atoms with Gasteiger partial charge in [0.05, 0.1) is 23.5 Å². The van der Waals surface area contributed by atoms with Crippen LogP contribution in [0.1, 0.15) is 10.4 Å². The second-order valence-electron chi connectivity index (χ2n) is 4.32. The molecule has 0 spiro atoms. The van der Waals surface area contributed by atoms with Crippen LogP contribution in [0.3, 0.4) is 0 Å². The van der Waals surface area contributed by atoms with Crippen molar-refractivity contribution in [2.75, 3.05) is 20.3 Å². The summed E-state index contributed by atoms with van der Waals surface area (Å²) in [4.78, 5) is 23.8.